The van der Waals surface area contributed by atoms with Gasteiger partial charge in [0.1, 0.15) is 6.54 Å². The molecule has 0 spiro atoms. The van der Waals surface area contributed by atoms with Crippen molar-refractivity contribution in [3.63, 3.8) is 0 Å². The van der Waals surface area contributed by atoms with Crippen molar-refractivity contribution in [3.05, 3.63) is 57.5 Å². The zero-order valence-electron chi connectivity index (χ0n) is 16.4. The second-order valence-electron chi connectivity index (χ2n) is 6.81. The molecule has 0 aliphatic rings. The number of carbonyl (C=O) groups excluding carboxylic acids is 1. The van der Waals surface area contributed by atoms with Gasteiger partial charge in [0.25, 0.3) is 0 Å². The number of sulfonamides is 1. The molecule has 1 heterocycles. The molecule has 0 atom stereocenters. The highest BCUT2D eigenvalue weighted by molar-refractivity contribution is 7.92. The summed E-state index contributed by atoms with van der Waals surface area (Å²) in [6.07, 6.45) is 1.03. The second-order valence-corrected chi connectivity index (χ2v) is 9.12. The smallest absolute Gasteiger partial charge is 0.324 e. The van der Waals surface area contributed by atoms with Crippen molar-refractivity contribution in [2.45, 2.75) is 6.92 Å². The van der Waals surface area contributed by atoms with E-state index in [9.17, 15) is 18.0 Å². The van der Waals surface area contributed by atoms with Gasteiger partial charge < -0.3 is 5.32 Å². The van der Waals surface area contributed by atoms with Gasteiger partial charge in [0.2, 0.25) is 15.9 Å². The van der Waals surface area contributed by atoms with Crippen molar-refractivity contribution in [2.75, 3.05) is 22.4 Å². The Bertz CT molecular complexity index is 1280. The molecule has 0 radical (unpaired) electrons. The first-order chi connectivity index (χ1) is 13.5. The zero-order valence-corrected chi connectivity index (χ0v) is 18.0. The molecule has 8 nitrogen and oxygen atoms in total. The lowest BCUT2D eigenvalue weighted by Gasteiger charge is -2.24. The maximum absolute atomic E-state index is 12.6. The third-order valence-corrected chi connectivity index (χ3v) is 6.29. The number of hydrogen-bond acceptors (Lipinski definition) is 4. The van der Waals surface area contributed by atoms with E-state index in [1.165, 1.54) is 9.13 Å². The molecule has 1 aromatic heterocycles. The van der Waals surface area contributed by atoms with Crippen LogP contribution in [0.2, 0.25) is 5.02 Å². The molecule has 2 aromatic carbocycles. The van der Waals surface area contributed by atoms with E-state index in [4.69, 9.17) is 11.6 Å². The van der Waals surface area contributed by atoms with Gasteiger partial charge in [-0.1, -0.05) is 17.7 Å². The summed E-state index contributed by atoms with van der Waals surface area (Å²) in [5, 5.41) is 3.10. The van der Waals surface area contributed by atoms with Crippen LogP contribution in [0.5, 0.6) is 0 Å². The SMILES string of the molecule is Cc1c(Cl)cccc1N(CC(=O)Nc1ccc2c(c1)n(C)c(=O)n2C)S(C)(=O)=O. The average molecular weight is 437 g/mol. The summed E-state index contributed by atoms with van der Waals surface area (Å²) in [5.74, 6) is -0.518. The number of aryl methyl sites for hydroxylation is 2. The molecule has 1 N–H and O–H groups in total. The molecule has 0 bridgehead atoms. The quantitative estimate of drug-likeness (QED) is 0.663. The molecule has 0 fully saturated rings. The maximum Gasteiger partial charge on any atom is 0.328 e. The summed E-state index contributed by atoms with van der Waals surface area (Å²) in [6.45, 7) is 1.28. The topological polar surface area (TPSA) is 93.4 Å². The van der Waals surface area contributed by atoms with Crippen molar-refractivity contribution < 1.29 is 13.2 Å². The highest BCUT2D eigenvalue weighted by atomic mass is 35.5. The number of nitrogens with one attached hydrogen (secondary N) is 1. The molecule has 0 unspecified atom stereocenters. The van der Waals surface area contributed by atoms with Crippen molar-refractivity contribution in [1.82, 2.24) is 9.13 Å². The Balaban J connectivity index is 1.90. The van der Waals surface area contributed by atoms with E-state index in [2.05, 4.69) is 5.32 Å². The molecular weight excluding hydrogens is 416 g/mol. The number of fused-ring (bicyclic) bond motifs is 1. The van der Waals surface area contributed by atoms with Crippen LogP contribution in [0.15, 0.2) is 41.2 Å². The monoisotopic (exact) mass is 436 g/mol. The summed E-state index contributed by atoms with van der Waals surface area (Å²) in [5.41, 5.74) is 2.57. The molecule has 3 aromatic rings. The number of aromatic nitrogens is 2. The Morgan fingerprint density at radius 3 is 2.45 bits per heavy atom. The van der Waals surface area contributed by atoms with Gasteiger partial charge in [-0.15, -0.1) is 0 Å². The van der Waals surface area contributed by atoms with Gasteiger partial charge in [-0.3, -0.25) is 18.2 Å². The van der Waals surface area contributed by atoms with Crippen LogP contribution in [-0.2, 0) is 28.9 Å². The molecular formula is C19H21ClN4O4S. The normalized spacial score (nSPS) is 11.6. The van der Waals surface area contributed by atoms with Crippen LogP contribution in [0.3, 0.4) is 0 Å². The number of benzene rings is 2. The van der Waals surface area contributed by atoms with Gasteiger partial charge in [-0.2, -0.15) is 0 Å². The summed E-state index contributed by atoms with van der Waals surface area (Å²) < 4.78 is 28.6. The first-order valence-electron chi connectivity index (χ1n) is 8.69. The Hall–Kier alpha value is -2.78. The minimum Gasteiger partial charge on any atom is -0.324 e. The molecule has 1 amide bonds. The van der Waals surface area contributed by atoms with E-state index < -0.39 is 22.5 Å². The minimum atomic E-state index is -3.72. The molecule has 0 aliphatic heterocycles. The van der Waals surface area contributed by atoms with Crippen LogP contribution in [0.4, 0.5) is 11.4 Å². The molecule has 154 valence electrons. The fraction of sp³-hybridized carbons (Fsp3) is 0.263. The molecule has 0 saturated heterocycles. The highest BCUT2D eigenvalue weighted by Gasteiger charge is 2.23. The summed E-state index contributed by atoms with van der Waals surface area (Å²) in [6, 6.07) is 9.94. The Morgan fingerprint density at radius 1 is 1.14 bits per heavy atom. The molecule has 3 rings (SSSR count). The first kappa shape index (κ1) is 20.9. The summed E-state index contributed by atoms with van der Waals surface area (Å²) >= 11 is 6.11. The fourth-order valence-electron chi connectivity index (χ4n) is 3.16. The van der Waals surface area contributed by atoms with E-state index in [0.29, 0.717) is 27.5 Å². The molecule has 10 heteroatoms. The fourth-order valence-corrected chi connectivity index (χ4v) is 4.24. The lowest BCUT2D eigenvalue weighted by Crippen LogP contribution is -2.37. The standard InChI is InChI=1S/C19H21ClN4O4S/c1-12-14(20)6-5-7-15(12)24(29(4,27)28)11-18(25)21-13-8-9-16-17(10-13)23(3)19(26)22(16)2/h5-10H,11H2,1-4H3,(H,21,25). The van der Waals surface area contributed by atoms with Gasteiger partial charge in [0.15, 0.2) is 0 Å². The van der Waals surface area contributed by atoms with Crippen LogP contribution in [0.1, 0.15) is 5.56 Å². The molecule has 0 saturated carbocycles. The van der Waals surface area contributed by atoms with Crippen LogP contribution in [0.25, 0.3) is 11.0 Å². The van der Waals surface area contributed by atoms with E-state index in [1.54, 1.807) is 57.4 Å². The maximum atomic E-state index is 12.6. The van der Waals surface area contributed by atoms with E-state index in [-0.39, 0.29) is 5.69 Å². The van der Waals surface area contributed by atoms with E-state index in [1.807, 2.05) is 0 Å². The minimum absolute atomic E-state index is 0.178. The van der Waals surface area contributed by atoms with Crippen molar-refractivity contribution in [2.24, 2.45) is 14.1 Å². The third-order valence-electron chi connectivity index (χ3n) is 4.75. The van der Waals surface area contributed by atoms with Crippen molar-refractivity contribution in [3.8, 4) is 0 Å². The predicted molar refractivity (Wildman–Crippen MR) is 115 cm³/mol. The average Bonchev–Trinajstić information content (AvgIpc) is 2.85. The molecule has 0 aliphatic carbocycles. The van der Waals surface area contributed by atoms with Crippen molar-refractivity contribution >= 4 is 49.9 Å². The Kier molecular flexibility index (Phi) is 5.46. The number of halogens is 1. The van der Waals surface area contributed by atoms with Gasteiger partial charge in [-0.05, 0) is 42.8 Å². The number of hydrogen-bond donors (Lipinski definition) is 1. The Morgan fingerprint density at radius 2 is 1.79 bits per heavy atom. The number of amides is 1. The predicted octanol–water partition coefficient (Wildman–Crippen LogP) is 2.24. The van der Waals surface area contributed by atoms with E-state index >= 15 is 0 Å². The van der Waals surface area contributed by atoms with Gasteiger partial charge in [-0.25, -0.2) is 13.2 Å². The van der Waals surface area contributed by atoms with Gasteiger partial charge >= 0.3 is 5.69 Å². The van der Waals surface area contributed by atoms with Crippen LogP contribution in [0, 0.1) is 6.92 Å². The number of carbonyl (C=O) groups is 1. The third kappa shape index (κ3) is 4.01. The van der Waals surface area contributed by atoms with Gasteiger partial charge in [0.05, 0.1) is 23.0 Å². The van der Waals surface area contributed by atoms with Gasteiger partial charge in [0, 0.05) is 24.8 Å². The van der Waals surface area contributed by atoms with Crippen LogP contribution >= 0.6 is 11.6 Å². The number of nitrogens with zero attached hydrogens (tertiary/aromatic N) is 3. The second kappa shape index (κ2) is 7.57. The van der Waals surface area contributed by atoms with E-state index in [0.717, 1.165) is 16.1 Å². The zero-order chi connectivity index (χ0) is 21.5. The summed E-state index contributed by atoms with van der Waals surface area (Å²) in [7, 11) is -0.414. The Labute approximate surface area is 173 Å². The van der Waals surface area contributed by atoms with Crippen LogP contribution < -0.4 is 15.3 Å². The van der Waals surface area contributed by atoms with Crippen LogP contribution in [-0.4, -0.2) is 36.3 Å². The lowest BCUT2D eigenvalue weighted by molar-refractivity contribution is -0.114. The lowest BCUT2D eigenvalue weighted by atomic mass is 10.2. The number of rotatable bonds is 5. The van der Waals surface area contributed by atoms with Crippen molar-refractivity contribution in [1.29, 1.82) is 0 Å². The number of anilines is 2. The number of imidazole rings is 1. The first-order valence-corrected chi connectivity index (χ1v) is 10.9. The highest BCUT2D eigenvalue weighted by Crippen LogP contribution is 2.28. The molecule has 29 heavy (non-hydrogen) atoms. The largest absolute Gasteiger partial charge is 0.328 e. The summed E-state index contributed by atoms with van der Waals surface area (Å²) in [4.78, 5) is 24.7.